The van der Waals surface area contributed by atoms with Crippen LogP contribution in [0.3, 0.4) is 0 Å². The van der Waals surface area contributed by atoms with Crippen LogP contribution < -0.4 is 10.1 Å². The molecular weight excluding hydrogens is 390 g/mol. The predicted octanol–water partition coefficient (Wildman–Crippen LogP) is 6.45. The maximum Gasteiger partial charge on any atom is 0.328 e. The van der Waals surface area contributed by atoms with Crippen molar-refractivity contribution in [3.63, 3.8) is 0 Å². The Bertz CT molecular complexity index is 617. The summed E-state index contributed by atoms with van der Waals surface area (Å²) in [6.07, 6.45) is 16.7. The molecular formula is C26H43NO4. The summed E-state index contributed by atoms with van der Waals surface area (Å²) in [6, 6.07) is 6.15. The van der Waals surface area contributed by atoms with E-state index in [4.69, 9.17) is 9.47 Å². The number of methoxy groups -OCH3 is 1. The molecule has 0 aliphatic rings. The Labute approximate surface area is 189 Å². The second-order valence-electron chi connectivity index (χ2n) is 8.34. The molecule has 176 valence electrons. The summed E-state index contributed by atoms with van der Waals surface area (Å²) < 4.78 is 10.4. The highest BCUT2D eigenvalue weighted by molar-refractivity contribution is 5.97. The van der Waals surface area contributed by atoms with E-state index >= 15 is 0 Å². The zero-order valence-corrected chi connectivity index (χ0v) is 19.9. The van der Waals surface area contributed by atoms with Crippen LogP contribution in [0.15, 0.2) is 24.3 Å². The second kappa shape index (κ2) is 17.6. The van der Waals surface area contributed by atoms with Crippen molar-refractivity contribution in [3.8, 4) is 5.75 Å². The van der Waals surface area contributed by atoms with Crippen LogP contribution in [-0.2, 0) is 9.53 Å². The third kappa shape index (κ3) is 13.1. The van der Waals surface area contributed by atoms with Gasteiger partial charge in [-0.15, -0.1) is 0 Å². The smallest absolute Gasteiger partial charge is 0.328 e. The van der Waals surface area contributed by atoms with Gasteiger partial charge < -0.3 is 14.8 Å². The fraction of sp³-hybridized carbons (Fsp3) is 0.692. The molecule has 1 rings (SSSR count). The standard InChI is InChI=1S/C26H43NO4/c1-4-5-6-7-8-9-10-11-12-13-14-15-16-20-31-26(29)22(2)27-25(28)23-18-17-19-24(21-23)30-3/h17-19,21-22H,4-16,20H2,1-3H3,(H,27,28). The van der Waals surface area contributed by atoms with Crippen molar-refractivity contribution < 1.29 is 19.1 Å². The zero-order valence-electron chi connectivity index (χ0n) is 19.9. The summed E-state index contributed by atoms with van der Waals surface area (Å²) in [5, 5.41) is 2.68. The molecule has 5 heteroatoms. The van der Waals surface area contributed by atoms with Crippen molar-refractivity contribution in [2.75, 3.05) is 13.7 Å². The van der Waals surface area contributed by atoms with Crippen LogP contribution in [0.1, 0.15) is 108 Å². The molecule has 0 fully saturated rings. The summed E-state index contributed by atoms with van der Waals surface area (Å²) in [4.78, 5) is 24.3. The first-order chi connectivity index (χ1) is 15.1. The summed E-state index contributed by atoms with van der Waals surface area (Å²) in [5.74, 6) is -0.107. The lowest BCUT2D eigenvalue weighted by Crippen LogP contribution is -2.39. The number of unbranched alkanes of at least 4 members (excludes halogenated alkanes) is 12. The van der Waals surface area contributed by atoms with Crippen molar-refractivity contribution in [1.82, 2.24) is 5.32 Å². The summed E-state index contributed by atoms with van der Waals surface area (Å²) in [5.41, 5.74) is 0.454. The molecule has 0 radical (unpaired) electrons. The lowest BCUT2D eigenvalue weighted by atomic mass is 10.0. The van der Waals surface area contributed by atoms with Crippen molar-refractivity contribution in [2.24, 2.45) is 0 Å². The molecule has 0 aliphatic heterocycles. The fourth-order valence-corrected chi connectivity index (χ4v) is 3.52. The maximum absolute atomic E-state index is 12.3. The number of benzene rings is 1. The van der Waals surface area contributed by atoms with Crippen molar-refractivity contribution in [2.45, 2.75) is 103 Å². The van der Waals surface area contributed by atoms with E-state index in [1.807, 2.05) is 0 Å². The van der Waals surface area contributed by atoms with E-state index in [1.165, 1.54) is 70.6 Å². The minimum atomic E-state index is -0.680. The van der Waals surface area contributed by atoms with Crippen LogP contribution in [0.2, 0.25) is 0 Å². The molecule has 0 bridgehead atoms. The van der Waals surface area contributed by atoms with E-state index in [2.05, 4.69) is 12.2 Å². The highest BCUT2D eigenvalue weighted by atomic mass is 16.5. The van der Waals surface area contributed by atoms with Crippen LogP contribution in [-0.4, -0.2) is 31.6 Å². The lowest BCUT2D eigenvalue weighted by molar-refractivity contribution is -0.145. The molecule has 1 aromatic carbocycles. The maximum atomic E-state index is 12.3. The van der Waals surface area contributed by atoms with E-state index in [1.54, 1.807) is 38.3 Å². The van der Waals surface area contributed by atoms with Gasteiger partial charge in [-0.25, -0.2) is 4.79 Å². The molecule has 1 N–H and O–H groups in total. The van der Waals surface area contributed by atoms with Crippen LogP contribution in [0, 0.1) is 0 Å². The number of esters is 1. The molecule has 1 aromatic rings. The number of hydrogen-bond acceptors (Lipinski definition) is 4. The summed E-state index contributed by atoms with van der Waals surface area (Å²) in [6.45, 7) is 4.31. The van der Waals surface area contributed by atoms with Crippen molar-refractivity contribution in [3.05, 3.63) is 29.8 Å². The Kier molecular flexibility index (Phi) is 15.3. The quantitative estimate of drug-likeness (QED) is 0.213. The minimum absolute atomic E-state index is 0.315. The van der Waals surface area contributed by atoms with Crippen LogP contribution >= 0.6 is 0 Å². The highest BCUT2D eigenvalue weighted by Gasteiger charge is 2.18. The number of rotatable bonds is 18. The molecule has 0 aromatic heterocycles. The first kappa shape index (κ1) is 27.0. The Morgan fingerprint density at radius 2 is 1.42 bits per heavy atom. The first-order valence-corrected chi connectivity index (χ1v) is 12.2. The molecule has 1 amide bonds. The third-order valence-electron chi connectivity index (χ3n) is 5.53. The lowest BCUT2D eigenvalue weighted by Gasteiger charge is -2.14. The normalized spacial score (nSPS) is 11.7. The van der Waals surface area contributed by atoms with Gasteiger partial charge in [-0.3, -0.25) is 4.79 Å². The molecule has 0 saturated carbocycles. The van der Waals surface area contributed by atoms with Gasteiger partial charge in [-0.1, -0.05) is 90.0 Å². The third-order valence-corrected chi connectivity index (χ3v) is 5.53. The summed E-state index contributed by atoms with van der Waals surface area (Å²) in [7, 11) is 1.55. The van der Waals surface area contributed by atoms with Gasteiger partial charge in [0.2, 0.25) is 0 Å². The Morgan fingerprint density at radius 3 is 1.97 bits per heavy atom. The SMILES string of the molecule is CCCCCCCCCCCCCCCOC(=O)C(C)NC(=O)c1cccc(OC)c1. The van der Waals surface area contributed by atoms with Gasteiger partial charge in [0.25, 0.3) is 5.91 Å². The number of ether oxygens (including phenoxy) is 2. The van der Waals surface area contributed by atoms with Crippen LogP contribution in [0.5, 0.6) is 5.75 Å². The average molecular weight is 434 g/mol. The number of amides is 1. The molecule has 31 heavy (non-hydrogen) atoms. The van der Waals surface area contributed by atoms with Gasteiger partial charge in [-0.2, -0.15) is 0 Å². The monoisotopic (exact) mass is 433 g/mol. The van der Waals surface area contributed by atoms with Gasteiger partial charge in [-0.05, 0) is 31.5 Å². The molecule has 0 aliphatic carbocycles. The van der Waals surface area contributed by atoms with E-state index in [-0.39, 0.29) is 5.91 Å². The predicted molar refractivity (Wildman–Crippen MR) is 127 cm³/mol. The largest absolute Gasteiger partial charge is 0.497 e. The first-order valence-electron chi connectivity index (χ1n) is 12.2. The zero-order chi connectivity index (χ0) is 22.7. The van der Waals surface area contributed by atoms with Gasteiger partial charge in [0.05, 0.1) is 13.7 Å². The molecule has 0 spiro atoms. The van der Waals surface area contributed by atoms with Gasteiger partial charge in [0.15, 0.2) is 0 Å². The van der Waals surface area contributed by atoms with E-state index in [0.29, 0.717) is 17.9 Å². The molecule has 0 heterocycles. The Hall–Kier alpha value is -2.04. The van der Waals surface area contributed by atoms with Crippen LogP contribution in [0.4, 0.5) is 0 Å². The van der Waals surface area contributed by atoms with E-state index in [0.717, 1.165) is 12.8 Å². The van der Waals surface area contributed by atoms with Crippen molar-refractivity contribution >= 4 is 11.9 Å². The minimum Gasteiger partial charge on any atom is -0.497 e. The van der Waals surface area contributed by atoms with Crippen LogP contribution in [0.25, 0.3) is 0 Å². The van der Waals surface area contributed by atoms with Crippen molar-refractivity contribution in [1.29, 1.82) is 0 Å². The van der Waals surface area contributed by atoms with E-state index < -0.39 is 12.0 Å². The van der Waals surface area contributed by atoms with Gasteiger partial charge in [0.1, 0.15) is 11.8 Å². The van der Waals surface area contributed by atoms with Gasteiger partial charge >= 0.3 is 5.97 Å². The number of carbonyl (C=O) groups is 2. The number of carbonyl (C=O) groups excluding carboxylic acids is 2. The Balaban J connectivity index is 2.00. The Morgan fingerprint density at radius 1 is 0.871 bits per heavy atom. The van der Waals surface area contributed by atoms with Gasteiger partial charge in [0, 0.05) is 5.56 Å². The fourth-order valence-electron chi connectivity index (χ4n) is 3.52. The molecule has 1 unspecified atom stereocenters. The number of hydrogen-bond donors (Lipinski definition) is 1. The average Bonchev–Trinajstić information content (AvgIpc) is 2.79. The molecule has 0 saturated heterocycles. The van der Waals surface area contributed by atoms with E-state index in [9.17, 15) is 9.59 Å². The summed E-state index contributed by atoms with van der Waals surface area (Å²) >= 11 is 0. The highest BCUT2D eigenvalue weighted by Crippen LogP contribution is 2.13. The second-order valence-corrected chi connectivity index (χ2v) is 8.34. The molecule has 5 nitrogen and oxygen atoms in total. The molecule has 1 atom stereocenters. The number of nitrogens with one attached hydrogen (secondary N) is 1. The topological polar surface area (TPSA) is 64.6 Å².